The van der Waals surface area contributed by atoms with E-state index < -0.39 is 0 Å². The molecule has 0 fully saturated rings. The van der Waals surface area contributed by atoms with Gasteiger partial charge in [-0.3, -0.25) is 0 Å². The van der Waals surface area contributed by atoms with Crippen LogP contribution in [-0.2, 0) is 0 Å². The summed E-state index contributed by atoms with van der Waals surface area (Å²) in [6, 6.07) is 27.0. The van der Waals surface area contributed by atoms with Crippen molar-refractivity contribution in [2.45, 2.75) is 0 Å². The molecule has 140 valence electrons. The maximum Gasteiger partial charge on any atom is 0.134 e. The fourth-order valence-corrected chi connectivity index (χ4v) is 3.64. The number of rotatable bonds is 5. The number of allylic oxidation sites excluding steroid dienone is 1. The lowest BCUT2D eigenvalue weighted by Crippen LogP contribution is -1.85. The summed E-state index contributed by atoms with van der Waals surface area (Å²) >= 11 is 7.37. The third-order valence-electron chi connectivity index (χ3n) is 4.17. The van der Waals surface area contributed by atoms with Gasteiger partial charge in [-0.2, -0.15) is 5.26 Å². The summed E-state index contributed by atoms with van der Waals surface area (Å²) in [6.45, 7) is 0. The lowest BCUT2D eigenvalue weighted by atomic mass is 10.1. The molecule has 0 saturated carbocycles. The van der Waals surface area contributed by atoms with Crippen LogP contribution in [0.4, 0.5) is 0 Å². The number of halogens is 1. The van der Waals surface area contributed by atoms with E-state index >= 15 is 0 Å². The molecule has 0 atom stereocenters. The first kappa shape index (κ1) is 18.9. The molecule has 0 bridgehead atoms. The Balaban J connectivity index is 1.53. The van der Waals surface area contributed by atoms with Crippen LogP contribution in [0, 0.1) is 11.3 Å². The van der Waals surface area contributed by atoms with Crippen molar-refractivity contribution >= 4 is 34.6 Å². The zero-order valence-corrected chi connectivity index (χ0v) is 16.8. The van der Waals surface area contributed by atoms with Gasteiger partial charge >= 0.3 is 0 Å². The Kier molecular flexibility index (Phi) is 5.71. The Bertz CT molecular complexity index is 1170. The number of hydrogen-bond donors (Lipinski definition) is 0. The standard InChI is InChI=1S/C24H15ClN2OS/c25-20-10-6-17(7-11-20)14-19(15-26)24-27-23(16-29-24)18-8-12-22(13-9-18)28-21-4-2-1-3-5-21/h1-14,16H. The quantitative estimate of drug-likeness (QED) is 0.321. The van der Waals surface area contributed by atoms with Crippen molar-refractivity contribution in [3.8, 4) is 28.8 Å². The van der Waals surface area contributed by atoms with Crippen molar-refractivity contribution in [1.29, 1.82) is 5.26 Å². The normalized spacial score (nSPS) is 11.1. The summed E-state index contributed by atoms with van der Waals surface area (Å²) < 4.78 is 5.83. The van der Waals surface area contributed by atoms with Gasteiger partial charge in [0.05, 0.1) is 11.3 Å². The summed E-state index contributed by atoms with van der Waals surface area (Å²) in [5.41, 5.74) is 3.22. The van der Waals surface area contributed by atoms with Crippen molar-refractivity contribution in [3.05, 3.63) is 99.8 Å². The van der Waals surface area contributed by atoms with Gasteiger partial charge in [0.25, 0.3) is 0 Å². The van der Waals surface area contributed by atoms with Gasteiger partial charge in [0.1, 0.15) is 22.6 Å². The minimum absolute atomic E-state index is 0.521. The maximum absolute atomic E-state index is 9.56. The SMILES string of the molecule is N#CC(=Cc1ccc(Cl)cc1)c1nc(-c2ccc(Oc3ccccc3)cc2)cs1. The molecule has 3 nitrogen and oxygen atoms in total. The first-order valence-electron chi connectivity index (χ1n) is 8.88. The van der Waals surface area contributed by atoms with Gasteiger partial charge in [-0.15, -0.1) is 11.3 Å². The highest BCUT2D eigenvalue weighted by Gasteiger charge is 2.09. The number of ether oxygens (including phenoxy) is 1. The van der Waals surface area contributed by atoms with E-state index in [2.05, 4.69) is 11.1 Å². The molecule has 0 N–H and O–H groups in total. The van der Waals surface area contributed by atoms with Gasteiger partial charge in [-0.1, -0.05) is 41.9 Å². The fourth-order valence-electron chi connectivity index (χ4n) is 2.72. The molecule has 4 aromatic rings. The minimum Gasteiger partial charge on any atom is -0.457 e. The zero-order chi connectivity index (χ0) is 20.1. The summed E-state index contributed by atoms with van der Waals surface area (Å²) in [5, 5.41) is 12.9. The molecular formula is C24H15ClN2OS. The predicted molar refractivity (Wildman–Crippen MR) is 119 cm³/mol. The number of hydrogen-bond acceptors (Lipinski definition) is 4. The topological polar surface area (TPSA) is 45.9 Å². The van der Waals surface area contributed by atoms with Crippen molar-refractivity contribution in [2.75, 3.05) is 0 Å². The average Bonchev–Trinajstić information content (AvgIpc) is 3.25. The molecule has 0 radical (unpaired) electrons. The van der Waals surface area contributed by atoms with Crippen LogP contribution in [0.5, 0.6) is 11.5 Å². The second-order valence-electron chi connectivity index (χ2n) is 6.20. The molecule has 0 aliphatic carbocycles. The van der Waals surface area contributed by atoms with E-state index in [9.17, 15) is 5.26 Å². The molecule has 29 heavy (non-hydrogen) atoms. The van der Waals surface area contributed by atoms with Crippen molar-refractivity contribution in [2.24, 2.45) is 0 Å². The molecule has 1 heterocycles. The molecule has 5 heteroatoms. The van der Waals surface area contributed by atoms with Crippen LogP contribution in [0.15, 0.2) is 84.2 Å². The first-order chi connectivity index (χ1) is 14.2. The maximum atomic E-state index is 9.56. The van der Waals surface area contributed by atoms with Crippen molar-refractivity contribution in [1.82, 2.24) is 4.98 Å². The van der Waals surface area contributed by atoms with Gasteiger partial charge in [0, 0.05) is 16.0 Å². The Hall–Kier alpha value is -3.39. The molecule has 0 saturated heterocycles. The summed E-state index contributed by atoms with van der Waals surface area (Å²) in [6.07, 6.45) is 1.82. The smallest absolute Gasteiger partial charge is 0.134 e. The molecule has 0 unspecified atom stereocenters. The van der Waals surface area contributed by atoms with Crippen LogP contribution >= 0.6 is 22.9 Å². The van der Waals surface area contributed by atoms with E-state index in [0.29, 0.717) is 15.6 Å². The predicted octanol–water partition coefficient (Wildman–Crippen LogP) is 7.32. The highest BCUT2D eigenvalue weighted by Crippen LogP contribution is 2.29. The number of para-hydroxylation sites is 1. The lowest BCUT2D eigenvalue weighted by Gasteiger charge is -2.05. The third kappa shape index (κ3) is 4.72. The fraction of sp³-hybridized carbons (Fsp3) is 0. The minimum atomic E-state index is 0.521. The van der Waals surface area contributed by atoms with Crippen LogP contribution in [0.1, 0.15) is 10.6 Å². The summed E-state index contributed by atoms with van der Waals surface area (Å²) in [4.78, 5) is 4.64. The molecule has 1 aromatic heterocycles. The van der Waals surface area contributed by atoms with Crippen LogP contribution in [0.2, 0.25) is 5.02 Å². The Morgan fingerprint density at radius 2 is 1.62 bits per heavy atom. The van der Waals surface area contributed by atoms with Crippen LogP contribution in [0.25, 0.3) is 22.9 Å². The second-order valence-corrected chi connectivity index (χ2v) is 7.49. The molecule has 0 aliphatic rings. The Morgan fingerprint density at radius 1 is 0.931 bits per heavy atom. The van der Waals surface area contributed by atoms with Crippen LogP contribution < -0.4 is 4.74 Å². The number of aromatic nitrogens is 1. The van der Waals surface area contributed by atoms with Crippen LogP contribution in [0.3, 0.4) is 0 Å². The van der Waals surface area contributed by atoms with Gasteiger partial charge in [0.2, 0.25) is 0 Å². The first-order valence-corrected chi connectivity index (χ1v) is 10.1. The number of nitrogens with zero attached hydrogens (tertiary/aromatic N) is 2. The highest BCUT2D eigenvalue weighted by molar-refractivity contribution is 7.11. The average molecular weight is 415 g/mol. The molecule has 0 aliphatic heterocycles. The Morgan fingerprint density at radius 3 is 2.31 bits per heavy atom. The monoisotopic (exact) mass is 414 g/mol. The second kappa shape index (κ2) is 8.74. The van der Waals surface area contributed by atoms with Crippen molar-refractivity contribution < 1.29 is 4.74 Å². The number of nitriles is 1. The molecular weight excluding hydrogens is 400 g/mol. The van der Waals surface area contributed by atoms with Gasteiger partial charge in [-0.25, -0.2) is 4.98 Å². The highest BCUT2D eigenvalue weighted by atomic mass is 35.5. The largest absolute Gasteiger partial charge is 0.457 e. The van der Waals surface area contributed by atoms with Gasteiger partial charge in [0.15, 0.2) is 0 Å². The summed E-state index contributed by atoms with van der Waals surface area (Å²) in [7, 11) is 0. The van der Waals surface area contributed by atoms with E-state index in [-0.39, 0.29) is 0 Å². The number of benzene rings is 3. The summed E-state index contributed by atoms with van der Waals surface area (Å²) in [5.74, 6) is 1.55. The van der Waals surface area contributed by atoms with E-state index in [4.69, 9.17) is 16.3 Å². The number of thiazole rings is 1. The van der Waals surface area contributed by atoms with E-state index in [1.165, 1.54) is 11.3 Å². The van der Waals surface area contributed by atoms with Gasteiger partial charge < -0.3 is 4.74 Å². The molecule has 3 aromatic carbocycles. The van der Waals surface area contributed by atoms with Gasteiger partial charge in [-0.05, 0) is 60.2 Å². The van der Waals surface area contributed by atoms with Crippen molar-refractivity contribution in [3.63, 3.8) is 0 Å². The van der Waals surface area contributed by atoms with E-state index in [1.807, 2.05) is 78.2 Å². The molecule has 0 amide bonds. The molecule has 0 spiro atoms. The van der Waals surface area contributed by atoms with E-state index in [1.54, 1.807) is 12.1 Å². The molecule has 4 rings (SSSR count). The third-order valence-corrected chi connectivity index (χ3v) is 5.29. The van der Waals surface area contributed by atoms with E-state index in [0.717, 1.165) is 28.3 Å². The zero-order valence-electron chi connectivity index (χ0n) is 15.2. The lowest BCUT2D eigenvalue weighted by molar-refractivity contribution is 0.483. The Labute approximate surface area is 178 Å². The van der Waals surface area contributed by atoms with Crippen LogP contribution in [-0.4, -0.2) is 4.98 Å².